The first-order chi connectivity index (χ1) is 11.8. The molecule has 1 saturated heterocycles. The molecule has 0 radical (unpaired) electrons. The van der Waals surface area contributed by atoms with Crippen LogP contribution in [0.15, 0.2) is 23.2 Å². The van der Waals surface area contributed by atoms with E-state index in [0.717, 1.165) is 38.1 Å². The van der Waals surface area contributed by atoms with Crippen molar-refractivity contribution in [2.45, 2.75) is 38.6 Å². The zero-order valence-corrected chi connectivity index (χ0v) is 17.1. The van der Waals surface area contributed by atoms with Crippen LogP contribution in [-0.2, 0) is 17.5 Å². The summed E-state index contributed by atoms with van der Waals surface area (Å²) in [4.78, 5) is 6.13. The van der Waals surface area contributed by atoms with Crippen molar-refractivity contribution in [1.29, 1.82) is 0 Å². The van der Waals surface area contributed by atoms with E-state index >= 15 is 0 Å². The summed E-state index contributed by atoms with van der Waals surface area (Å²) >= 11 is 0. The highest BCUT2D eigenvalue weighted by molar-refractivity contribution is 14.0. The maximum atomic E-state index is 13.2. The maximum Gasteiger partial charge on any atom is 0.416 e. The number of alkyl halides is 3. The molecule has 0 spiro atoms. The molecule has 4 nitrogen and oxygen atoms in total. The lowest BCUT2D eigenvalue weighted by Crippen LogP contribution is -2.46. The van der Waals surface area contributed by atoms with E-state index in [2.05, 4.69) is 10.3 Å². The number of likely N-dealkylation sites (tertiary alicyclic amines) is 1. The van der Waals surface area contributed by atoms with Gasteiger partial charge in [-0.25, -0.2) is 4.39 Å². The van der Waals surface area contributed by atoms with E-state index in [1.165, 1.54) is 0 Å². The van der Waals surface area contributed by atoms with Crippen LogP contribution in [0, 0.1) is 5.82 Å². The van der Waals surface area contributed by atoms with E-state index in [1.807, 2.05) is 11.8 Å². The highest BCUT2D eigenvalue weighted by atomic mass is 127. The zero-order valence-electron chi connectivity index (χ0n) is 14.8. The van der Waals surface area contributed by atoms with E-state index in [-0.39, 0.29) is 42.2 Å². The highest BCUT2D eigenvalue weighted by Crippen LogP contribution is 2.32. The Bertz CT molecular complexity index is 602. The van der Waals surface area contributed by atoms with Crippen molar-refractivity contribution >= 4 is 29.9 Å². The summed E-state index contributed by atoms with van der Waals surface area (Å²) in [5, 5.41) is 2.95. The Kier molecular flexibility index (Phi) is 9.08. The van der Waals surface area contributed by atoms with Gasteiger partial charge in [-0.05, 0) is 37.5 Å². The molecule has 26 heavy (non-hydrogen) atoms. The first-order valence-electron chi connectivity index (χ1n) is 8.28. The fraction of sp³-hybridized carbons (Fsp3) is 0.588. The fourth-order valence-corrected chi connectivity index (χ4v) is 2.94. The number of nitrogens with one attached hydrogen (secondary N) is 1. The minimum atomic E-state index is -4.60. The van der Waals surface area contributed by atoms with Gasteiger partial charge in [-0.3, -0.25) is 4.99 Å². The molecule has 1 heterocycles. The number of piperidine rings is 1. The van der Waals surface area contributed by atoms with Crippen LogP contribution >= 0.6 is 24.0 Å². The summed E-state index contributed by atoms with van der Waals surface area (Å²) in [7, 11) is 1.59. The van der Waals surface area contributed by atoms with Crippen molar-refractivity contribution in [3.63, 3.8) is 0 Å². The average Bonchev–Trinajstić information content (AvgIpc) is 2.57. The molecule has 0 amide bonds. The zero-order chi connectivity index (χ0) is 18.4. The molecule has 1 aromatic rings. The quantitative estimate of drug-likeness (QED) is 0.300. The molecule has 148 valence electrons. The minimum Gasteiger partial charge on any atom is -0.378 e. The molecule has 0 unspecified atom stereocenters. The maximum absolute atomic E-state index is 13.2. The van der Waals surface area contributed by atoms with Crippen LogP contribution in [0.4, 0.5) is 17.6 Å². The first kappa shape index (κ1) is 22.9. The fourth-order valence-electron chi connectivity index (χ4n) is 2.94. The highest BCUT2D eigenvalue weighted by Gasteiger charge is 2.33. The molecule has 0 aromatic heterocycles. The third-order valence-electron chi connectivity index (χ3n) is 4.17. The van der Waals surface area contributed by atoms with E-state index in [0.29, 0.717) is 18.6 Å². The monoisotopic (exact) mass is 489 g/mol. The number of rotatable bonds is 4. The first-order valence-corrected chi connectivity index (χ1v) is 8.28. The molecule has 1 fully saturated rings. The summed E-state index contributed by atoms with van der Waals surface area (Å²) in [6.45, 7) is 3.99. The molecule has 1 aliphatic rings. The molecular formula is C17H24F4IN3O. The Balaban J connectivity index is 0.00000338. The second-order valence-electron chi connectivity index (χ2n) is 5.84. The Hall–Kier alpha value is -1.10. The van der Waals surface area contributed by atoms with Crippen LogP contribution in [0.3, 0.4) is 0 Å². The van der Waals surface area contributed by atoms with E-state index in [9.17, 15) is 17.6 Å². The lowest BCUT2D eigenvalue weighted by Gasteiger charge is -2.34. The topological polar surface area (TPSA) is 36.9 Å². The van der Waals surface area contributed by atoms with Gasteiger partial charge in [0.05, 0.1) is 11.7 Å². The minimum absolute atomic E-state index is 0. The van der Waals surface area contributed by atoms with E-state index in [1.54, 1.807) is 7.05 Å². The second kappa shape index (κ2) is 10.3. The standard InChI is InChI=1S/C17H23F4N3O.HI/c1-3-25-14-6-8-24(9-7-14)16(22-2)23-11-12-4-5-13(18)10-15(12)17(19,20)21;/h4-5,10,14H,3,6-9,11H2,1-2H3,(H,22,23);1H. The Labute approximate surface area is 168 Å². The van der Waals surface area contributed by atoms with E-state index < -0.39 is 17.6 Å². The van der Waals surface area contributed by atoms with Crippen LogP contribution in [0.25, 0.3) is 0 Å². The predicted molar refractivity (Wildman–Crippen MR) is 103 cm³/mol. The second-order valence-corrected chi connectivity index (χ2v) is 5.84. The van der Waals surface area contributed by atoms with Gasteiger partial charge in [0.25, 0.3) is 0 Å². The lowest BCUT2D eigenvalue weighted by molar-refractivity contribution is -0.138. The van der Waals surface area contributed by atoms with Crippen LogP contribution in [-0.4, -0.2) is 43.7 Å². The summed E-state index contributed by atoms with van der Waals surface area (Å²) in [6, 6.07) is 2.70. The SMILES string of the molecule is CCOC1CCN(C(=NC)NCc2ccc(F)cc2C(F)(F)F)CC1.I. The van der Waals surface area contributed by atoms with Crippen LogP contribution in [0.5, 0.6) is 0 Å². The van der Waals surface area contributed by atoms with Gasteiger partial charge in [0.2, 0.25) is 0 Å². The molecule has 0 atom stereocenters. The van der Waals surface area contributed by atoms with E-state index in [4.69, 9.17) is 4.74 Å². The lowest BCUT2D eigenvalue weighted by atomic mass is 10.1. The van der Waals surface area contributed by atoms with Crippen molar-refractivity contribution in [1.82, 2.24) is 10.2 Å². The molecular weight excluding hydrogens is 465 g/mol. The van der Waals surface area contributed by atoms with Gasteiger partial charge in [0.15, 0.2) is 5.96 Å². The van der Waals surface area contributed by atoms with Crippen LogP contribution in [0.2, 0.25) is 0 Å². The molecule has 0 aliphatic carbocycles. The molecule has 1 aliphatic heterocycles. The van der Waals surface area contributed by atoms with Crippen molar-refractivity contribution < 1.29 is 22.3 Å². The third-order valence-corrected chi connectivity index (χ3v) is 4.17. The number of benzene rings is 1. The summed E-state index contributed by atoms with van der Waals surface area (Å²) in [5.41, 5.74) is -0.982. The van der Waals surface area contributed by atoms with Crippen molar-refractivity contribution in [2.75, 3.05) is 26.7 Å². The van der Waals surface area contributed by atoms with Crippen molar-refractivity contribution in [3.8, 4) is 0 Å². The molecule has 9 heteroatoms. The predicted octanol–water partition coefficient (Wildman–Crippen LogP) is 4.04. The number of halogens is 5. The average molecular weight is 489 g/mol. The Morgan fingerprint density at radius 1 is 1.31 bits per heavy atom. The Morgan fingerprint density at radius 3 is 2.50 bits per heavy atom. The van der Waals surface area contributed by atoms with Crippen LogP contribution in [0.1, 0.15) is 30.9 Å². The summed E-state index contributed by atoms with van der Waals surface area (Å²) in [6.07, 6.45) is -2.69. The third kappa shape index (κ3) is 6.26. The summed E-state index contributed by atoms with van der Waals surface area (Å²) in [5.74, 6) is -0.370. The van der Waals surface area contributed by atoms with Gasteiger partial charge in [-0.15, -0.1) is 24.0 Å². The molecule has 1 N–H and O–H groups in total. The number of aliphatic imine (C=N–C) groups is 1. The van der Waals surface area contributed by atoms with Crippen molar-refractivity contribution in [3.05, 3.63) is 35.1 Å². The molecule has 1 aromatic carbocycles. The van der Waals surface area contributed by atoms with Gasteiger partial charge < -0.3 is 15.0 Å². The number of guanidine groups is 1. The number of hydrogen-bond donors (Lipinski definition) is 1. The normalized spacial score (nSPS) is 16.4. The van der Waals surface area contributed by atoms with Gasteiger partial charge >= 0.3 is 6.18 Å². The van der Waals surface area contributed by atoms with Crippen LogP contribution < -0.4 is 5.32 Å². The van der Waals surface area contributed by atoms with Gasteiger partial charge in [0, 0.05) is 33.3 Å². The number of hydrogen-bond acceptors (Lipinski definition) is 2. The molecule has 0 saturated carbocycles. The number of nitrogens with zero attached hydrogens (tertiary/aromatic N) is 2. The largest absolute Gasteiger partial charge is 0.416 e. The summed E-state index contributed by atoms with van der Waals surface area (Å²) < 4.78 is 57.9. The molecule has 2 rings (SSSR count). The molecule has 0 bridgehead atoms. The Morgan fingerprint density at radius 2 is 1.96 bits per heavy atom. The number of ether oxygens (including phenoxy) is 1. The van der Waals surface area contributed by atoms with Gasteiger partial charge in [-0.2, -0.15) is 13.2 Å². The smallest absolute Gasteiger partial charge is 0.378 e. The van der Waals surface area contributed by atoms with Gasteiger partial charge in [-0.1, -0.05) is 6.07 Å². The van der Waals surface area contributed by atoms with Crippen molar-refractivity contribution in [2.24, 2.45) is 4.99 Å². The van der Waals surface area contributed by atoms with Gasteiger partial charge in [0.1, 0.15) is 5.82 Å².